The normalized spacial score (nSPS) is 19.7. The smallest absolute Gasteiger partial charge is 0.244 e. The van der Waals surface area contributed by atoms with E-state index in [9.17, 15) is 13.2 Å². The molecule has 1 unspecified atom stereocenters. The number of hydrogen-bond acceptors (Lipinski definition) is 5. The van der Waals surface area contributed by atoms with Gasteiger partial charge in [0.05, 0.1) is 24.0 Å². The van der Waals surface area contributed by atoms with Crippen LogP contribution in [-0.4, -0.2) is 37.6 Å². The van der Waals surface area contributed by atoms with Gasteiger partial charge in [0, 0.05) is 17.6 Å². The van der Waals surface area contributed by atoms with Crippen molar-refractivity contribution < 1.29 is 17.6 Å². The van der Waals surface area contributed by atoms with E-state index in [4.69, 9.17) is 4.42 Å². The van der Waals surface area contributed by atoms with Gasteiger partial charge in [-0.05, 0) is 43.7 Å². The van der Waals surface area contributed by atoms with E-state index in [1.165, 1.54) is 0 Å². The number of nitrogens with one attached hydrogen (secondary N) is 2. The number of amides is 1. The minimum Gasteiger partial charge on any atom is -0.460 e. The Kier molecular flexibility index (Phi) is 4.84. The third-order valence-electron chi connectivity index (χ3n) is 5.30. The van der Waals surface area contributed by atoms with Crippen LogP contribution in [0.1, 0.15) is 19.1 Å². The molecule has 1 atom stereocenters. The number of carbonyl (C=O) groups is 1. The molecule has 2 heterocycles. The van der Waals surface area contributed by atoms with Crippen molar-refractivity contribution in [3.05, 3.63) is 60.4 Å². The molecular formula is C21H23N3O4S. The summed E-state index contributed by atoms with van der Waals surface area (Å²) in [6.07, 6.45) is 1.82. The van der Waals surface area contributed by atoms with Crippen LogP contribution in [-0.2, 0) is 21.4 Å². The molecule has 1 amide bonds. The molecule has 2 N–H and O–H groups in total. The summed E-state index contributed by atoms with van der Waals surface area (Å²) >= 11 is 0. The first-order valence-electron chi connectivity index (χ1n) is 9.35. The van der Waals surface area contributed by atoms with E-state index in [1.807, 2.05) is 37.3 Å². The zero-order valence-corrected chi connectivity index (χ0v) is 17.1. The largest absolute Gasteiger partial charge is 0.460 e. The van der Waals surface area contributed by atoms with Crippen LogP contribution in [0.25, 0.3) is 11.0 Å². The molecule has 4 rings (SSSR count). The van der Waals surface area contributed by atoms with Crippen molar-refractivity contribution in [1.29, 1.82) is 0 Å². The minimum atomic E-state index is -3.38. The second-order valence-corrected chi connectivity index (χ2v) is 9.35. The lowest BCUT2D eigenvalue weighted by Crippen LogP contribution is -2.63. The van der Waals surface area contributed by atoms with Gasteiger partial charge in [-0.25, -0.2) is 8.42 Å². The molecule has 0 radical (unpaired) electrons. The molecule has 0 bridgehead atoms. The van der Waals surface area contributed by atoms with Gasteiger partial charge in [-0.15, -0.1) is 0 Å². The van der Waals surface area contributed by atoms with Gasteiger partial charge in [0.15, 0.2) is 0 Å². The van der Waals surface area contributed by atoms with E-state index in [1.54, 1.807) is 24.3 Å². The standard InChI is InChI=1S/C21H23N3O4S/c1-21(20(25)22-16-7-5-8-17(13-16)23-29(2,26)27)10-11-24(21)14-18-12-15-6-3-4-9-19(15)28-18/h3-9,12-13,23H,10-11,14H2,1-2H3,(H,22,25). The van der Waals surface area contributed by atoms with Gasteiger partial charge in [-0.3, -0.25) is 14.4 Å². The van der Waals surface area contributed by atoms with Crippen LogP contribution in [0.2, 0.25) is 0 Å². The van der Waals surface area contributed by atoms with Gasteiger partial charge in [0.2, 0.25) is 15.9 Å². The highest BCUT2D eigenvalue weighted by Gasteiger charge is 2.47. The van der Waals surface area contributed by atoms with Crippen molar-refractivity contribution in [3.8, 4) is 0 Å². The number of sulfonamides is 1. The Bertz CT molecular complexity index is 1140. The second-order valence-electron chi connectivity index (χ2n) is 7.61. The number of hydrogen-bond donors (Lipinski definition) is 2. The maximum absolute atomic E-state index is 13.0. The molecule has 7 nitrogen and oxygen atoms in total. The molecule has 8 heteroatoms. The number of rotatable bonds is 6. The van der Waals surface area contributed by atoms with E-state index < -0.39 is 15.6 Å². The zero-order valence-electron chi connectivity index (χ0n) is 16.3. The first kappa shape index (κ1) is 19.5. The van der Waals surface area contributed by atoms with E-state index >= 15 is 0 Å². The lowest BCUT2D eigenvalue weighted by atomic mass is 9.85. The molecule has 1 fully saturated rings. The van der Waals surface area contributed by atoms with Crippen molar-refractivity contribution >= 4 is 38.3 Å². The van der Waals surface area contributed by atoms with Crippen LogP contribution < -0.4 is 10.0 Å². The molecule has 0 aliphatic carbocycles. The van der Waals surface area contributed by atoms with Gasteiger partial charge in [0.1, 0.15) is 11.3 Å². The molecule has 1 aliphatic heterocycles. The topological polar surface area (TPSA) is 91.7 Å². The highest BCUT2D eigenvalue weighted by atomic mass is 32.2. The number of benzene rings is 2. The zero-order chi connectivity index (χ0) is 20.6. The van der Waals surface area contributed by atoms with Crippen LogP contribution in [0.3, 0.4) is 0 Å². The summed E-state index contributed by atoms with van der Waals surface area (Å²) in [6.45, 7) is 3.26. The van der Waals surface area contributed by atoms with Gasteiger partial charge < -0.3 is 9.73 Å². The van der Waals surface area contributed by atoms with Crippen LogP contribution in [0.4, 0.5) is 11.4 Å². The summed E-state index contributed by atoms with van der Waals surface area (Å²) in [6, 6.07) is 16.5. The lowest BCUT2D eigenvalue weighted by molar-refractivity contribution is -0.136. The number of anilines is 2. The van der Waals surface area contributed by atoms with Gasteiger partial charge >= 0.3 is 0 Å². The van der Waals surface area contributed by atoms with Crippen molar-refractivity contribution in [3.63, 3.8) is 0 Å². The fourth-order valence-corrected chi connectivity index (χ4v) is 4.11. The Morgan fingerprint density at radius 2 is 1.90 bits per heavy atom. The SMILES string of the molecule is CC1(C(=O)Nc2cccc(NS(C)(=O)=O)c2)CCN1Cc1cc2ccccc2o1. The molecule has 3 aromatic rings. The summed E-state index contributed by atoms with van der Waals surface area (Å²) in [5, 5.41) is 3.95. The van der Waals surface area contributed by atoms with Crippen LogP contribution in [0, 0.1) is 0 Å². The summed E-state index contributed by atoms with van der Waals surface area (Å²) in [4.78, 5) is 15.0. The first-order chi connectivity index (χ1) is 13.7. The molecule has 1 saturated heterocycles. The average Bonchev–Trinajstić information content (AvgIpc) is 3.06. The number of fused-ring (bicyclic) bond motifs is 1. The molecule has 2 aromatic carbocycles. The molecule has 0 spiro atoms. The Hall–Kier alpha value is -2.84. The average molecular weight is 413 g/mol. The summed E-state index contributed by atoms with van der Waals surface area (Å²) in [5.74, 6) is 0.695. The highest BCUT2D eigenvalue weighted by Crippen LogP contribution is 2.34. The van der Waals surface area contributed by atoms with Gasteiger partial charge in [0.25, 0.3) is 0 Å². The molecular weight excluding hydrogens is 390 g/mol. The Morgan fingerprint density at radius 3 is 2.59 bits per heavy atom. The summed E-state index contributed by atoms with van der Waals surface area (Å²) in [5.41, 5.74) is 1.13. The van der Waals surface area contributed by atoms with E-state index in [0.29, 0.717) is 17.9 Å². The predicted octanol–water partition coefficient (Wildman–Crippen LogP) is 3.41. The Labute approximate surface area is 169 Å². The van der Waals surface area contributed by atoms with E-state index in [-0.39, 0.29) is 5.91 Å². The van der Waals surface area contributed by atoms with E-state index in [0.717, 1.165) is 36.0 Å². The van der Waals surface area contributed by atoms with E-state index in [2.05, 4.69) is 14.9 Å². The monoisotopic (exact) mass is 413 g/mol. The third kappa shape index (κ3) is 4.13. The van der Waals surface area contributed by atoms with Crippen LogP contribution in [0.5, 0.6) is 0 Å². The number of likely N-dealkylation sites (tertiary alicyclic amines) is 1. The predicted molar refractivity (Wildman–Crippen MR) is 113 cm³/mol. The highest BCUT2D eigenvalue weighted by molar-refractivity contribution is 7.92. The molecule has 0 saturated carbocycles. The molecule has 1 aliphatic rings. The van der Waals surface area contributed by atoms with Crippen molar-refractivity contribution in [1.82, 2.24) is 4.90 Å². The number of nitrogens with zero attached hydrogens (tertiary/aromatic N) is 1. The molecule has 1 aromatic heterocycles. The van der Waals surface area contributed by atoms with Crippen molar-refractivity contribution in [2.45, 2.75) is 25.4 Å². The maximum atomic E-state index is 13.0. The Balaban J connectivity index is 1.46. The van der Waals surface area contributed by atoms with Gasteiger partial charge in [-0.1, -0.05) is 24.3 Å². The second kappa shape index (κ2) is 7.20. The minimum absolute atomic E-state index is 0.128. The fourth-order valence-electron chi connectivity index (χ4n) is 3.56. The summed E-state index contributed by atoms with van der Waals surface area (Å²) in [7, 11) is -3.38. The molecule has 152 valence electrons. The van der Waals surface area contributed by atoms with Crippen molar-refractivity contribution in [2.24, 2.45) is 0 Å². The van der Waals surface area contributed by atoms with Crippen LogP contribution in [0.15, 0.2) is 59.0 Å². The number of furan rings is 1. The maximum Gasteiger partial charge on any atom is 0.244 e. The summed E-state index contributed by atoms with van der Waals surface area (Å²) < 4.78 is 31.1. The van der Waals surface area contributed by atoms with Crippen LogP contribution >= 0.6 is 0 Å². The number of para-hydroxylation sites is 1. The number of carbonyl (C=O) groups excluding carboxylic acids is 1. The Morgan fingerprint density at radius 1 is 1.14 bits per heavy atom. The van der Waals surface area contributed by atoms with Gasteiger partial charge in [-0.2, -0.15) is 0 Å². The first-order valence-corrected chi connectivity index (χ1v) is 11.2. The fraction of sp³-hybridized carbons (Fsp3) is 0.286. The lowest BCUT2D eigenvalue weighted by Gasteiger charge is -2.48. The van der Waals surface area contributed by atoms with Crippen molar-refractivity contribution in [2.75, 3.05) is 22.8 Å². The third-order valence-corrected chi connectivity index (χ3v) is 5.91. The quantitative estimate of drug-likeness (QED) is 0.646. The molecule has 29 heavy (non-hydrogen) atoms.